The third-order valence-corrected chi connectivity index (χ3v) is 6.06. The molecule has 10 heteroatoms. The zero-order valence-corrected chi connectivity index (χ0v) is 18.2. The smallest absolute Gasteiger partial charge is 0.277 e. The van der Waals surface area contributed by atoms with E-state index in [2.05, 4.69) is 20.5 Å². The first kappa shape index (κ1) is 21.2. The molecule has 2 aromatic heterocycles. The molecule has 2 N–H and O–H groups in total. The monoisotopic (exact) mass is 469 g/mol. The Kier molecular flexibility index (Phi) is 5.40. The Morgan fingerprint density at radius 2 is 1.65 bits per heavy atom. The average molecular weight is 469 g/mol. The van der Waals surface area contributed by atoms with E-state index in [1.165, 1.54) is 18.2 Å². The van der Waals surface area contributed by atoms with Crippen molar-refractivity contribution in [2.45, 2.75) is 0 Å². The minimum Gasteiger partial charge on any atom is -0.298 e. The third-order valence-electron chi connectivity index (χ3n) is 5.12. The van der Waals surface area contributed by atoms with Crippen LogP contribution in [-0.4, -0.2) is 26.0 Å². The molecule has 5 aromatic rings. The Hall–Kier alpha value is -4.70. The standard InChI is InChI=1S/C24H15N5O4S/c30-22(26-24-25-17-12-11-16(29(32)33)13-18(17)34-24)20-19(14-7-3-1-4-8-14)21(27-28-23(20)31)15-9-5-2-6-10-15/h1-13H,(H,28,31)(H,25,26,30). The van der Waals surface area contributed by atoms with Gasteiger partial charge in [-0.2, -0.15) is 5.10 Å². The normalized spacial score (nSPS) is 10.8. The summed E-state index contributed by atoms with van der Waals surface area (Å²) in [6.07, 6.45) is 0. The minimum atomic E-state index is -0.659. The first-order valence-corrected chi connectivity index (χ1v) is 10.9. The molecular weight excluding hydrogens is 454 g/mol. The second-order valence-corrected chi connectivity index (χ2v) is 8.30. The van der Waals surface area contributed by atoms with E-state index in [1.54, 1.807) is 12.1 Å². The van der Waals surface area contributed by atoms with Gasteiger partial charge in [-0.05, 0) is 11.6 Å². The SMILES string of the molecule is O=C(Nc1nc2ccc([N+](=O)[O-])cc2s1)c1c(-c2ccccc2)c(-c2ccccc2)n[nH]c1=O. The predicted molar refractivity (Wildman–Crippen MR) is 130 cm³/mol. The van der Waals surface area contributed by atoms with E-state index >= 15 is 0 Å². The van der Waals surface area contributed by atoms with Crippen molar-refractivity contribution in [3.05, 3.63) is 105 Å². The van der Waals surface area contributed by atoms with Gasteiger partial charge in [-0.15, -0.1) is 0 Å². The molecule has 0 spiro atoms. The number of nitro groups is 1. The van der Waals surface area contributed by atoms with Gasteiger partial charge in [0.15, 0.2) is 5.13 Å². The van der Waals surface area contributed by atoms with Gasteiger partial charge in [0, 0.05) is 23.3 Å². The first-order valence-electron chi connectivity index (χ1n) is 10.1. The zero-order chi connectivity index (χ0) is 23.7. The third kappa shape index (κ3) is 3.93. The highest BCUT2D eigenvalue weighted by atomic mass is 32.1. The van der Waals surface area contributed by atoms with E-state index in [9.17, 15) is 19.7 Å². The van der Waals surface area contributed by atoms with Crippen molar-refractivity contribution in [3.8, 4) is 22.4 Å². The molecular formula is C24H15N5O4S. The number of anilines is 1. The molecule has 9 nitrogen and oxygen atoms in total. The van der Waals surface area contributed by atoms with Gasteiger partial charge in [0.25, 0.3) is 17.2 Å². The topological polar surface area (TPSA) is 131 Å². The van der Waals surface area contributed by atoms with Gasteiger partial charge in [-0.1, -0.05) is 72.0 Å². The number of rotatable bonds is 5. The number of hydrogen-bond donors (Lipinski definition) is 2. The van der Waals surface area contributed by atoms with E-state index in [1.807, 2.05) is 48.5 Å². The van der Waals surface area contributed by atoms with Crippen molar-refractivity contribution in [2.75, 3.05) is 5.32 Å². The number of carbonyl (C=O) groups is 1. The summed E-state index contributed by atoms with van der Waals surface area (Å²) in [7, 11) is 0. The predicted octanol–water partition coefficient (Wildman–Crippen LogP) is 4.87. The van der Waals surface area contributed by atoms with Gasteiger partial charge < -0.3 is 0 Å². The number of amides is 1. The van der Waals surface area contributed by atoms with Crippen molar-refractivity contribution < 1.29 is 9.72 Å². The van der Waals surface area contributed by atoms with Crippen molar-refractivity contribution in [3.63, 3.8) is 0 Å². The lowest BCUT2D eigenvalue weighted by molar-refractivity contribution is -0.384. The summed E-state index contributed by atoms with van der Waals surface area (Å²) in [4.78, 5) is 41.1. The quantitative estimate of drug-likeness (QED) is 0.279. The number of thiazole rings is 1. The number of fused-ring (bicyclic) bond motifs is 1. The highest BCUT2D eigenvalue weighted by Gasteiger charge is 2.24. The fourth-order valence-corrected chi connectivity index (χ4v) is 4.49. The van der Waals surface area contributed by atoms with Crippen LogP contribution in [0.2, 0.25) is 0 Å². The van der Waals surface area contributed by atoms with Crippen LogP contribution in [0.4, 0.5) is 10.8 Å². The molecule has 0 radical (unpaired) electrons. The highest BCUT2D eigenvalue weighted by Crippen LogP contribution is 2.33. The second-order valence-electron chi connectivity index (χ2n) is 7.27. The lowest BCUT2D eigenvalue weighted by Crippen LogP contribution is -2.26. The zero-order valence-electron chi connectivity index (χ0n) is 17.4. The van der Waals surface area contributed by atoms with E-state index in [-0.39, 0.29) is 16.4 Å². The van der Waals surface area contributed by atoms with Crippen molar-refractivity contribution >= 4 is 38.3 Å². The Morgan fingerprint density at radius 1 is 0.971 bits per heavy atom. The van der Waals surface area contributed by atoms with Crippen molar-refractivity contribution in [1.82, 2.24) is 15.2 Å². The Balaban J connectivity index is 1.62. The fraction of sp³-hybridized carbons (Fsp3) is 0. The van der Waals surface area contributed by atoms with E-state index < -0.39 is 16.4 Å². The molecule has 3 aromatic carbocycles. The molecule has 34 heavy (non-hydrogen) atoms. The van der Waals surface area contributed by atoms with Crippen LogP contribution in [0.1, 0.15) is 10.4 Å². The maximum atomic E-state index is 13.4. The van der Waals surface area contributed by atoms with Gasteiger partial charge in [-0.3, -0.25) is 25.0 Å². The molecule has 0 aliphatic carbocycles. The molecule has 0 saturated carbocycles. The average Bonchev–Trinajstić information content (AvgIpc) is 3.26. The number of benzene rings is 3. The van der Waals surface area contributed by atoms with Gasteiger partial charge in [0.1, 0.15) is 5.56 Å². The van der Waals surface area contributed by atoms with Gasteiger partial charge in [0.05, 0.1) is 20.8 Å². The summed E-state index contributed by atoms with van der Waals surface area (Å²) in [5, 5.41) is 20.6. The van der Waals surface area contributed by atoms with Crippen LogP contribution in [0, 0.1) is 10.1 Å². The molecule has 0 saturated heterocycles. The summed E-state index contributed by atoms with van der Waals surface area (Å²) in [6.45, 7) is 0. The number of H-pyrrole nitrogens is 1. The molecule has 0 bridgehead atoms. The summed E-state index contributed by atoms with van der Waals surface area (Å²) in [5.74, 6) is -0.659. The molecule has 0 aliphatic heterocycles. The molecule has 0 atom stereocenters. The number of aromatic nitrogens is 3. The van der Waals surface area contributed by atoms with Gasteiger partial charge in [0.2, 0.25) is 0 Å². The Morgan fingerprint density at radius 3 is 2.32 bits per heavy atom. The number of non-ortho nitro benzene ring substituents is 1. The summed E-state index contributed by atoms with van der Waals surface area (Å²) in [6, 6.07) is 22.6. The number of hydrogen-bond acceptors (Lipinski definition) is 7. The number of nitrogens with zero attached hydrogens (tertiary/aromatic N) is 3. The second kappa shape index (κ2) is 8.68. The summed E-state index contributed by atoms with van der Waals surface area (Å²) < 4.78 is 0.543. The van der Waals surface area contributed by atoms with E-state index in [0.717, 1.165) is 16.9 Å². The van der Waals surface area contributed by atoms with Crippen LogP contribution in [0.25, 0.3) is 32.6 Å². The summed E-state index contributed by atoms with van der Waals surface area (Å²) in [5.41, 5.74) is 1.92. The highest BCUT2D eigenvalue weighted by molar-refractivity contribution is 7.22. The Labute approximate surface area is 195 Å². The lowest BCUT2D eigenvalue weighted by atomic mass is 9.95. The molecule has 5 rings (SSSR count). The molecule has 0 unspecified atom stereocenters. The molecule has 1 amide bonds. The van der Waals surface area contributed by atoms with Crippen LogP contribution in [0.5, 0.6) is 0 Å². The van der Waals surface area contributed by atoms with Crippen LogP contribution in [0.15, 0.2) is 83.7 Å². The Bertz CT molecular complexity index is 1600. The molecule has 166 valence electrons. The van der Waals surface area contributed by atoms with Crippen LogP contribution < -0.4 is 10.9 Å². The maximum absolute atomic E-state index is 13.4. The summed E-state index contributed by atoms with van der Waals surface area (Å²) >= 11 is 1.08. The number of nitrogens with one attached hydrogen (secondary N) is 2. The number of aromatic amines is 1. The first-order chi connectivity index (χ1) is 16.5. The fourth-order valence-electron chi connectivity index (χ4n) is 3.60. The van der Waals surface area contributed by atoms with Crippen LogP contribution >= 0.6 is 11.3 Å². The molecule has 0 fully saturated rings. The van der Waals surface area contributed by atoms with E-state index in [0.29, 0.717) is 27.0 Å². The molecule has 2 heterocycles. The van der Waals surface area contributed by atoms with Gasteiger partial charge in [-0.25, -0.2) is 10.1 Å². The van der Waals surface area contributed by atoms with Crippen molar-refractivity contribution in [1.29, 1.82) is 0 Å². The van der Waals surface area contributed by atoms with Crippen LogP contribution in [0.3, 0.4) is 0 Å². The van der Waals surface area contributed by atoms with Gasteiger partial charge >= 0.3 is 0 Å². The maximum Gasteiger partial charge on any atom is 0.277 e. The lowest BCUT2D eigenvalue weighted by Gasteiger charge is -2.13. The van der Waals surface area contributed by atoms with Crippen molar-refractivity contribution in [2.24, 2.45) is 0 Å². The number of nitro benzene ring substituents is 1. The molecule has 0 aliphatic rings. The number of carbonyl (C=O) groups excluding carboxylic acids is 1. The largest absolute Gasteiger partial charge is 0.298 e. The van der Waals surface area contributed by atoms with E-state index in [4.69, 9.17) is 0 Å². The van der Waals surface area contributed by atoms with Crippen LogP contribution in [-0.2, 0) is 0 Å². The minimum absolute atomic E-state index is 0.0709.